The Balaban J connectivity index is 1.55. The third-order valence-electron chi connectivity index (χ3n) is 5.22. The molecule has 0 bridgehead atoms. The lowest BCUT2D eigenvalue weighted by Gasteiger charge is -2.35. The van der Waals surface area contributed by atoms with Crippen LogP contribution in [0.2, 0.25) is 0 Å². The molecule has 1 unspecified atom stereocenters. The van der Waals surface area contributed by atoms with Gasteiger partial charge in [0.1, 0.15) is 5.82 Å². The minimum absolute atomic E-state index is 0.121. The van der Waals surface area contributed by atoms with Crippen LogP contribution in [-0.2, 0) is 4.74 Å². The van der Waals surface area contributed by atoms with E-state index in [2.05, 4.69) is 75.5 Å². The molecule has 1 atom stereocenters. The number of ether oxygens (including phenoxy) is 1. The highest BCUT2D eigenvalue weighted by atomic mass is 16.5. The van der Waals surface area contributed by atoms with Crippen molar-refractivity contribution in [3.8, 4) is 0 Å². The molecule has 1 saturated heterocycles. The lowest BCUT2D eigenvalue weighted by molar-refractivity contribution is 0.0324. The Morgan fingerprint density at radius 3 is 2.29 bits per heavy atom. The number of anilines is 2. The van der Waals surface area contributed by atoms with Gasteiger partial charge in [-0.2, -0.15) is 4.98 Å². The van der Waals surface area contributed by atoms with Crippen molar-refractivity contribution in [3.63, 3.8) is 0 Å². The number of rotatable bonds is 5. The third-order valence-corrected chi connectivity index (χ3v) is 5.22. The molecule has 1 aromatic heterocycles. The second-order valence-corrected chi connectivity index (χ2v) is 7.27. The van der Waals surface area contributed by atoms with Gasteiger partial charge in [-0.1, -0.05) is 60.7 Å². The van der Waals surface area contributed by atoms with E-state index in [-0.39, 0.29) is 6.10 Å². The Labute approximate surface area is 166 Å². The molecule has 3 aromatic rings. The molecule has 2 aromatic carbocycles. The van der Waals surface area contributed by atoms with Gasteiger partial charge in [0.2, 0.25) is 5.95 Å². The maximum absolute atomic E-state index is 6.15. The van der Waals surface area contributed by atoms with Crippen molar-refractivity contribution in [2.75, 3.05) is 30.3 Å². The van der Waals surface area contributed by atoms with Crippen molar-refractivity contribution < 1.29 is 4.74 Å². The summed E-state index contributed by atoms with van der Waals surface area (Å²) in [7, 11) is 0. The molecule has 28 heavy (non-hydrogen) atoms. The smallest absolute Gasteiger partial charge is 0.222 e. The number of benzene rings is 2. The first-order valence-corrected chi connectivity index (χ1v) is 9.76. The molecule has 144 valence electrons. The number of nitrogens with two attached hydrogens (primary N) is 1. The van der Waals surface area contributed by atoms with Crippen molar-refractivity contribution in [2.45, 2.75) is 25.4 Å². The van der Waals surface area contributed by atoms with Gasteiger partial charge in [0, 0.05) is 30.8 Å². The molecule has 2 N–H and O–H groups in total. The van der Waals surface area contributed by atoms with Gasteiger partial charge in [-0.3, -0.25) is 0 Å². The van der Waals surface area contributed by atoms with Gasteiger partial charge < -0.3 is 15.4 Å². The molecule has 2 heterocycles. The SMILES string of the molecule is Cc1cc(N2CCOC(CC(c3ccccc3)c3ccccc3)C2)nc(N)n1. The Kier molecular flexibility index (Phi) is 5.53. The molecule has 5 heteroatoms. The second-order valence-electron chi connectivity index (χ2n) is 7.27. The van der Waals surface area contributed by atoms with E-state index in [0.717, 1.165) is 31.0 Å². The molecular formula is C23H26N4O. The molecule has 1 fully saturated rings. The predicted octanol–water partition coefficient (Wildman–Crippen LogP) is 3.79. The standard InChI is InChI=1S/C23H26N4O/c1-17-14-22(26-23(24)25-17)27-12-13-28-20(16-27)15-21(18-8-4-2-5-9-18)19-10-6-3-7-11-19/h2-11,14,20-21H,12-13,15-16H2,1H3,(H2,24,25,26). The summed E-state index contributed by atoms with van der Waals surface area (Å²) in [5.74, 6) is 1.50. The van der Waals surface area contributed by atoms with Crippen LogP contribution in [-0.4, -0.2) is 35.8 Å². The number of aromatic nitrogens is 2. The topological polar surface area (TPSA) is 64.3 Å². The van der Waals surface area contributed by atoms with Crippen LogP contribution in [0.3, 0.4) is 0 Å². The summed E-state index contributed by atoms with van der Waals surface area (Å²) < 4.78 is 6.15. The minimum Gasteiger partial charge on any atom is -0.375 e. The van der Waals surface area contributed by atoms with E-state index in [0.29, 0.717) is 18.5 Å². The highest BCUT2D eigenvalue weighted by Gasteiger charge is 2.26. The Hall–Kier alpha value is -2.92. The number of hydrogen-bond acceptors (Lipinski definition) is 5. The maximum atomic E-state index is 6.15. The monoisotopic (exact) mass is 374 g/mol. The second kappa shape index (κ2) is 8.40. The van der Waals surface area contributed by atoms with Crippen molar-refractivity contribution >= 4 is 11.8 Å². The van der Waals surface area contributed by atoms with Gasteiger partial charge in [-0.15, -0.1) is 0 Å². The van der Waals surface area contributed by atoms with E-state index in [1.165, 1.54) is 11.1 Å². The molecule has 1 aliphatic rings. The number of nitrogens with zero attached hydrogens (tertiary/aromatic N) is 3. The van der Waals surface area contributed by atoms with E-state index in [9.17, 15) is 0 Å². The van der Waals surface area contributed by atoms with Gasteiger partial charge in [0.15, 0.2) is 0 Å². The summed E-state index contributed by atoms with van der Waals surface area (Å²) >= 11 is 0. The summed E-state index contributed by atoms with van der Waals surface area (Å²) in [5.41, 5.74) is 9.37. The fourth-order valence-electron chi connectivity index (χ4n) is 3.90. The first-order chi connectivity index (χ1) is 13.7. The van der Waals surface area contributed by atoms with Gasteiger partial charge in [-0.05, 0) is 24.5 Å². The zero-order valence-electron chi connectivity index (χ0n) is 16.2. The average molecular weight is 374 g/mol. The summed E-state index contributed by atoms with van der Waals surface area (Å²) in [6, 6.07) is 23.3. The summed E-state index contributed by atoms with van der Waals surface area (Å²) in [6.45, 7) is 4.24. The zero-order chi connectivity index (χ0) is 19.3. The molecule has 0 spiro atoms. The average Bonchev–Trinajstić information content (AvgIpc) is 2.73. The molecule has 4 rings (SSSR count). The van der Waals surface area contributed by atoms with Crippen LogP contribution >= 0.6 is 0 Å². The van der Waals surface area contributed by atoms with Gasteiger partial charge >= 0.3 is 0 Å². The van der Waals surface area contributed by atoms with Crippen LogP contribution in [0.25, 0.3) is 0 Å². The van der Waals surface area contributed by atoms with E-state index >= 15 is 0 Å². The molecule has 1 aliphatic heterocycles. The van der Waals surface area contributed by atoms with E-state index in [1.807, 2.05) is 13.0 Å². The number of aryl methyl sites for hydroxylation is 1. The van der Waals surface area contributed by atoms with E-state index in [1.54, 1.807) is 0 Å². The molecule has 0 aliphatic carbocycles. The summed E-state index contributed by atoms with van der Waals surface area (Å²) in [6.07, 6.45) is 1.04. The van der Waals surface area contributed by atoms with Gasteiger partial charge in [0.05, 0.1) is 12.7 Å². The fourth-order valence-corrected chi connectivity index (χ4v) is 3.90. The van der Waals surface area contributed by atoms with E-state index < -0.39 is 0 Å². The summed E-state index contributed by atoms with van der Waals surface area (Å²) in [4.78, 5) is 10.9. The summed E-state index contributed by atoms with van der Waals surface area (Å²) in [5, 5.41) is 0. The molecule has 0 radical (unpaired) electrons. The van der Waals surface area contributed by atoms with Crippen molar-refractivity contribution in [1.29, 1.82) is 0 Å². The third kappa shape index (κ3) is 4.31. The van der Waals surface area contributed by atoms with Crippen LogP contribution in [0.1, 0.15) is 29.2 Å². The van der Waals surface area contributed by atoms with Crippen LogP contribution < -0.4 is 10.6 Å². The maximum Gasteiger partial charge on any atom is 0.222 e. The lowest BCUT2D eigenvalue weighted by Crippen LogP contribution is -2.43. The lowest BCUT2D eigenvalue weighted by atomic mass is 9.86. The largest absolute Gasteiger partial charge is 0.375 e. The fraction of sp³-hybridized carbons (Fsp3) is 0.304. The van der Waals surface area contributed by atoms with Crippen LogP contribution in [0.5, 0.6) is 0 Å². The highest BCUT2D eigenvalue weighted by Crippen LogP contribution is 2.31. The molecular weight excluding hydrogens is 348 g/mol. The van der Waals surface area contributed by atoms with Gasteiger partial charge in [-0.25, -0.2) is 4.98 Å². The minimum atomic E-state index is 0.121. The first kappa shape index (κ1) is 18.4. The Bertz CT molecular complexity index is 841. The number of morpholine rings is 1. The van der Waals surface area contributed by atoms with Crippen LogP contribution in [0.4, 0.5) is 11.8 Å². The quantitative estimate of drug-likeness (QED) is 0.736. The predicted molar refractivity (Wildman–Crippen MR) is 112 cm³/mol. The normalized spacial score (nSPS) is 17.1. The highest BCUT2D eigenvalue weighted by molar-refractivity contribution is 5.44. The first-order valence-electron chi connectivity index (χ1n) is 9.76. The van der Waals surface area contributed by atoms with Crippen LogP contribution in [0.15, 0.2) is 66.7 Å². The van der Waals surface area contributed by atoms with E-state index in [4.69, 9.17) is 10.5 Å². The van der Waals surface area contributed by atoms with Gasteiger partial charge in [0.25, 0.3) is 0 Å². The van der Waals surface area contributed by atoms with Crippen molar-refractivity contribution in [3.05, 3.63) is 83.6 Å². The van der Waals surface area contributed by atoms with Crippen LogP contribution in [0, 0.1) is 6.92 Å². The number of nitrogen functional groups attached to an aromatic ring is 1. The van der Waals surface area contributed by atoms with Crippen molar-refractivity contribution in [1.82, 2.24) is 9.97 Å². The molecule has 0 amide bonds. The molecule has 0 saturated carbocycles. The zero-order valence-corrected chi connectivity index (χ0v) is 16.2. The Morgan fingerprint density at radius 1 is 1.04 bits per heavy atom. The Morgan fingerprint density at radius 2 is 1.68 bits per heavy atom. The van der Waals surface area contributed by atoms with Crippen molar-refractivity contribution in [2.24, 2.45) is 0 Å². The number of hydrogen-bond donors (Lipinski definition) is 1. The molecule has 5 nitrogen and oxygen atoms in total.